The smallest absolute Gasteiger partial charge is 0.250 e. The van der Waals surface area contributed by atoms with E-state index in [-0.39, 0.29) is 23.8 Å². The van der Waals surface area contributed by atoms with Crippen LogP contribution in [0.4, 0.5) is 5.69 Å². The number of hydrogen-bond donors (Lipinski definition) is 3. The molecule has 3 amide bonds. The molecule has 1 aromatic carbocycles. The highest BCUT2D eigenvalue weighted by Gasteiger charge is 2.28. The van der Waals surface area contributed by atoms with Gasteiger partial charge in [-0.25, -0.2) is 0 Å². The Bertz CT molecular complexity index is 513. The minimum atomic E-state index is -0.605. The molecule has 1 atom stereocenters. The zero-order valence-electron chi connectivity index (χ0n) is 9.60. The van der Waals surface area contributed by atoms with Crippen LogP contribution in [0.1, 0.15) is 16.8 Å². The van der Waals surface area contributed by atoms with Gasteiger partial charge in [0.25, 0.3) is 5.91 Å². The molecule has 1 aliphatic rings. The van der Waals surface area contributed by atoms with Gasteiger partial charge in [0.05, 0.1) is 17.2 Å². The molecule has 1 aliphatic heterocycles. The highest BCUT2D eigenvalue weighted by atomic mass is 16.2. The monoisotopic (exact) mass is 247 g/mol. The summed E-state index contributed by atoms with van der Waals surface area (Å²) in [6, 6.07) is 6.49. The van der Waals surface area contributed by atoms with Crippen molar-refractivity contribution in [3.63, 3.8) is 0 Å². The predicted octanol–water partition coefficient (Wildman–Crippen LogP) is -0.140. The molecule has 1 fully saturated rings. The van der Waals surface area contributed by atoms with Gasteiger partial charge in [-0.15, -0.1) is 0 Å². The lowest BCUT2D eigenvalue weighted by Crippen LogP contribution is -2.26. The fraction of sp³-hybridized carbons (Fsp3) is 0.250. The zero-order valence-corrected chi connectivity index (χ0v) is 9.60. The molecule has 18 heavy (non-hydrogen) atoms. The van der Waals surface area contributed by atoms with Gasteiger partial charge in [-0.2, -0.15) is 0 Å². The van der Waals surface area contributed by atoms with Gasteiger partial charge in [-0.3, -0.25) is 14.4 Å². The Morgan fingerprint density at radius 2 is 2.06 bits per heavy atom. The fourth-order valence-corrected chi connectivity index (χ4v) is 1.83. The number of amides is 3. The summed E-state index contributed by atoms with van der Waals surface area (Å²) in [5, 5.41) is 5.20. The Kier molecular flexibility index (Phi) is 3.27. The lowest BCUT2D eigenvalue weighted by atomic mass is 10.1. The van der Waals surface area contributed by atoms with Gasteiger partial charge in [0, 0.05) is 13.0 Å². The van der Waals surface area contributed by atoms with Crippen LogP contribution >= 0.6 is 0 Å². The molecule has 1 heterocycles. The molecule has 1 saturated heterocycles. The maximum Gasteiger partial charge on any atom is 0.250 e. The third-order valence-electron chi connectivity index (χ3n) is 2.80. The first kappa shape index (κ1) is 12.1. The third kappa shape index (κ3) is 2.48. The Labute approximate surface area is 104 Å². The van der Waals surface area contributed by atoms with Crippen molar-refractivity contribution in [3.8, 4) is 0 Å². The van der Waals surface area contributed by atoms with Crippen LogP contribution in [0, 0.1) is 5.92 Å². The van der Waals surface area contributed by atoms with Crippen LogP contribution in [0.3, 0.4) is 0 Å². The van der Waals surface area contributed by atoms with Crippen LogP contribution in [-0.2, 0) is 9.59 Å². The zero-order chi connectivity index (χ0) is 13.1. The van der Waals surface area contributed by atoms with E-state index >= 15 is 0 Å². The van der Waals surface area contributed by atoms with Gasteiger partial charge in [0.2, 0.25) is 11.8 Å². The van der Waals surface area contributed by atoms with E-state index in [1.807, 2.05) is 0 Å². The summed E-state index contributed by atoms with van der Waals surface area (Å²) in [6.07, 6.45) is 0.171. The quantitative estimate of drug-likeness (QED) is 0.692. The van der Waals surface area contributed by atoms with Crippen molar-refractivity contribution in [3.05, 3.63) is 29.8 Å². The fourth-order valence-electron chi connectivity index (χ4n) is 1.83. The summed E-state index contributed by atoms with van der Waals surface area (Å²) in [5.74, 6) is -1.44. The molecule has 6 nitrogen and oxygen atoms in total. The molecule has 94 valence electrons. The predicted molar refractivity (Wildman–Crippen MR) is 64.7 cm³/mol. The molecule has 0 radical (unpaired) electrons. The van der Waals surface area contributed by atoms with E-state index in [0.717, 1.165) is 0 Å². The third-order valence-corrected chi connectivity index (χ3v) is 2.80. The molecule has 1 unspecified atom stereocenters. The number of carbonyl (C=O) groups excluding carboxylic acids is 3. The molecule has 0 bridgehead atoms. The van der Waals surface area contributed by atoms with Crippen LogP contribution in [0.2, 0.25) is 0 Å². The Balaban J connectivity index is 2.12. The lowest BCUT2D eigenvalue weighted by molar-refractivity contribution is -0.123. The second-order valence-electron chi connectivity index (χ2n) is 4.10. The normalized spacial score (nSPS) is 18.2. The van der Waals surface area contributed by atoms with Crippen LogP contribution in [0.15, 0.2) is 24.3 Å². The van der Waals surface area contributed by atoms with Crippen molar-refractivity contribution >= 4 is 23.4 Å². The average molecular weight is 247 g/mol. The van der Waals surface area contributed by atoms with Crippen molar-refractivity contribution in [2.45, 2.75) is 6.42 Å². The minimum absolute atomic E-state index is 0.140. The van der Waals surface area contributed by atoms with E-state index < -0.39 is 11.8 Å². The molecule has 6 heteroatoms. The first-order chi connectivity index (χ1) is 8.58. The summed E-state index contributed by atoms with van der Waals surface area (Å²) in [6.45, 7) is 0.323. The highest BCUT2D eigenvalue weighted by molar-refractivity contribution is 6.04. The SMILES string of the molecule is NC(=O)c1ccccc1NC(=O)C1CNC(=O)C1. The van der Waals surface area contributed by atoms with E-state index in [4.69, 9.17) is 5.73 Å². The Morgan fingerprint density at radius 3 is 2.67 bits per heavy atom. The lowest BCUT2D eigenvalue weighted by Gasteiger charge is -2.11. The standard InChI is InChI=1S/C12H13N3O3/c13-11(17)8-3-1-2-4-9(8)15-12(18)7-5-10(16)14-6-7/h1-4,7H,5-6H2,(H2,13,17)(H,14,16)(H,15,18). The molecule has 1 aromatic rings. The van der Waals surface area contributed by atoms with Gasteiger partial charge in [0.15, 0.2) is 0 Å². The number of rotatable bonds is 3. The summed E-state index contributed by atoms with van der Waals surface area (Å²) in [5.41, 5.74) is 5.83. The van der Waals surface area contributed by atoms with E-state index in [1.165, 1.54) is 6.07 Å². The van der Waals surface area contributed by atoms with Crippen molar-refractivity contribution in [2.24, 2.45) is 11.7 Å². The number of hydrogen-bond acceptors (Lipinski definition) is 3. The van der Waals surface area contributed by atoms with E-state index in [2.05, 4.69) is 10.6 Å². The van der Waals surface area contributed by atoms with Gasteiger partial charge < -0.3 is 16.4 Å². The van der Waals surface area contributed by atoms with Crippen LogP contribution in [0.25, 0.3) is 0 Å². The van der Waals surface area contributed by atoms with E-state index in [1.54, 1.807) is 18.2 Å². The molecule has 0 spiro atoms. The van der Waals surface area contributed by atoms with Crippen molar-refractivity contribution < 1.29 is 14.4 Å². The Morgan fingerprint density at radius 1 is 1.33 bits per heavy atom. The molecule has 2 rings (SSSR count). The summed E-state index contributed by atoms with van der Waals surface area (Å²) in [7, 11) is 0. The first-order valence-corrected chi connectivity index (χ1v) is 5.54. The minimum Gasteiger partial charge on any atom is -0.366 e. The van der Waals surface area contributed by atoms with Crippen LogP contribution < -0.4 is 16.4 Å². The van der Waals surface area contributed by atoms with Crippen molar-refractivity contribution in [1.29, 1.82) is 0 Å². The second-order valence-corrected chi connectivity index (χ2v) is 4.10. The summed E-state index contributed by atoms with van der Waals surface area (Å²) < 4.78 is 0. The molecule has 0 saturated carbocycles. The second kappa shape index (κ2) is 4.87. The van der Waals surface area contributed by atoms with Gasteiger partial charge in [-0.05, 0) is 12.1 Å². The van der Waals surface area contributed by atoms with E-state index in [0.29, 0.717) is 12.2 Å². The van der Waals surface area contributed by atoms with Crippen molar-refractivity contribution in [2.75, 3.05) is 11.9 Å². The number of benzene rings is 1. The molecule has 4 N–H and O–H groups in total. The number of carbonyl (C=O) groups is 3. The maximum atomic E-state index is 11.9. The van der Waals surface area contributed by atoms with E-state index in [9.17, 15) is 14.4 Å². The number of anilines is 1. The first-order valence-electron chi connectivity index (χ1n) is 5.54. The Hall–Kier alpha value is -2.37. The molecule has 0 aliphatic carbocycles. The largest absolute Gasteiger partial charge is 0.366 e. The number of primary amides is 1. The summed E-state index contributed by atoms with van der Waals surface area (Å²) in [4.78, 5) is 34.1. The highest BCUT2D eigenvalue weighted by Crippen LogP contribution is 2.17. The van der Waals surface area contributed by atoms with Gasteiger partial charge in [0.1, 0.15) is 0 Å². The topological polar surface area (TPSA) is 101 Å². The van der Waals surface area contributed by atoms with Crippen LogP contribution in [0.5, 0.6) is 0 Å². The van der Waals surface area contributed by atoms with Crippen LogP contribution in [-0.4, -0.2) is 24.3 Å². The van der Waals surface area contributed by atoms with Gasteiger partial charge in [-0.1, -0.05) is 12.1 Å². The summed E-state index contributed by atoms with van der Waals surface area (Å²) >= 11 is 0. The van der Waals surface area contributed by atoms with Gasteiger partial charge >= 0.3 is 0 Å². The number of nitrogens with two attached hydrogens (primary N) is 1. The molecule has 0 aromatic heterocycles. The average Bonchev–Trinajstić information content (AvgIpc) is 2.76. The molecular weight excluding hydrogens is 234 g/mol. The number of nitrogens with one attached hydrogen (secondary N) is 2. The molecular formula is C12H13N3O3. The maximum absolute atomic E-state index is 11.9. The van der Waals surface area contributed by atoms with Crippen molar-refractivity contribution in [1.82, 2.24) is 5.32 Å². The number of para-hydroxylation sites is 1.